The Bertz CT molecular complexity index is 1190. The van der Waals surface area contributed by atoms with E-state index in [2.05, 4.69) is 5.32 Å². The number of carbonyl (C=O) groups is 2. The first-order valence-corrected chi connectivity index (χ1v) is 15.4. The molecule has 1 N–H and O–H groups in total. The minimum Gasteiger partial charge on any atom is -0.350 e. The highest BCUT2D eigenvalue weighted by molar-refractivity contribution is 7.92. The molecule has 1 atom stereocenters. The van der Waals surface area contributed by atoms with Gasteiger partial charge in [0.05, 0.1) is 11.9 Å². The summed E-state index contributed by atoms with van der Waals surface area (Å²) in [5.41, 5.74) is 1.73. The van der Waals surface area contributed by atoms with E-state index in [-0.39, 0.29) is 37.7 Å². The van der Waals surface area contributed by atoms with Gasteiger partial charge < -0.3 is 10.2 Å². The molecule has 210 valence electrons. The zero-order chi connectivity index (χ0) is 28.7. The Morgan fingerprint density at radius 2 is 1.58 bits per heavy atom. The molecule has 7 nitrogen and oxygen atoms in total. The van der Waals surface area contributed by atoms with Crippen molar-refractivity contribution >= 4 is 50.7 Å². The molecule has 0 spiro atoms. The Morgan fingerprint density at radius 1 is 1.00 bits per heavy atom. The predicted octanol–water partition coefficient (Wildman–Crippen LogP) is 5.82. The number of hydrogen-bond donors (Lipinski definition) is 1. The molecule has 2 rings (SSSR count). The van der Waals surface area contributed by atoms with Crippen LogP contribution >= 0.6 is 23.2 Å². The molecule has 2 aromatic rings. The molecule has 0 aromatic heterocycles. The van der Waals surface area contributed by atoms with Crippen LogP contribution in [0.2, 0.25) is 10.0 Å². The van der Waals surface area contributed by atoms with Crippen LogP contribution in [0.25, 0.3) is 0 Å². The van der Waals surface area contributed by atoms with Gasteiger partial charge in [-0.2, -0.15) is 0 Å². The number of anilines is 1. The lowest BCUT2D eigenvalue weighted by Gasteiger charge is -2.33. The number of benzene rings is 2. The van der Waals surface area contributed by atoms with Gasteiger partial charge in [-0.3, -0.25) is 13.9 Å². The second-order valence-electron chi connectivity index (χ2n) is 10.3. The van der Waals surface area contributed by atoms with Gasteiger partial charge in [-0.1, -0.05) is 55.2 Å². The average molecular weight is 585 g/mol. The smallest absolute Gasteiger partial charge is 0.243 e. The van der Waals surface area contributed by atoms with Crippen LogP contribution in [0.15, 0.2) is 42.5 Å². The largest absolute Gasteiger partial charge is 0.350 e. The van der Waals surface area contributed by atoms with E-state index < -0.39 is 21.6 Å². The molecule has 0 saturated carbocycles. The third kappa shape index (κ3) is 9.17. The summed E-state index contributed by atoms with van der Waals surface area (Å²) in [4.78, 5) is 28.3. The van der Waals surface area contributed by atoms with Gasteiger partial charge in [0.15, 0.2) is 0 Å². The summed E-state index contributed by atoms with van der Waals surface area (Å²) in [6, 6.07) is 11.7. The lowest BCUT2D eigenvalue weighted by molar-refractivity contribution is -0.142. The van der Waals surface area contributed by atoms with E-state index in [0.29, 0.717) is 27.7 Å². The van der Waals surface area contributed by atoms with Gasteiger partial charge in [0.2, 0.25) is 21.8 Å². The van der Waals surface area contributed by atoms with E-state index >= 15 is 0 Å². The van der Waals surface area contributed by atoms with Crippen LogP contribution in [0.5, 0.6) is 0 Å². The molecule has 38 heavy (non-hydrogen) atoms. The Hall–Kier alpha value is -2.29. The Morgan fingerprint density at radius 3 is 2.05 bits per heavy atom. The quantitative estimate of drug-likeness (QED) is 0.341. The van der Waals surface area contributed by atoms with Crippen LogP contribution < -0.4 is 9.62 Å². The van der Waals surface area contributed by atoms with Crippen LogP contribution in [0.3, 0.4) is 0 Å². The number of amides is 2. The summed E-state index contributed by atoms with van der Waals surface area (Å²) in [6.07, 6.45) is 2.69. The molecule has 0 heterocycles. The number of nitrogens with zero attached hydrogens (tertiary/aromatic N) is 2. The second kappa shape index (κ2) is 13.7. The SMILES string of the molecule is CCc1ccc(N(CCCC(=O)N(Cc2c(Cl)cccc2Cl)C(CC)C(=O)NC(C)(C)C)S(C)(=O)=O)cc1. The molecule has 10 heteroatoms. The van der Waals surface area contributed by atoms with Crippen LogP contribution in [0.4, 0.5) is 5.69 Å². The van der Waals surface area contributed by atoms with Crippen molar-refractivity contribution in [2.24, 2.45) is 0 Å². The molecule has 0 saturated heterocycles. The van der Waals surface area contributed by atoms with Gasteiger partial charge in [-0.05, 0) is 69.9 Å². The van der Waals surface area contributed by atoms with Crippen LogP contribution in [-0.2, 0) is 32.6 Å². The van der Waals surface area contributed by atoms with Crippen molar-refractivity contribution in [1.82, 2.24) is 10.2 Å². The van der Waals surface area contributed by atoms with E-state index in [4.69, 9.17) is 23.2 Å². The minimum absolute atomic E-state index is 0.0421. The van der Waals surface area contributed by atoms with Crippen molar-refractivity contribution in [3.8, 4) is 0 Å². The molecular weight excluding hydrogens is 545 g/mol. The number of aryl methyl sites for hydroxylation is 1. The lowest BCUT2D eigenvalue weighted by Crippen LogP contribution is -2.53. The van der Waals surface area contributed by atoms with E-state index in [9.17, 15) is 18.0 Å². The van der Waals surface area contributed by atoms with Crippen molar-refractivity contribution < 1.29 is 18.0 Å². The molecule has 2 aromatic carbocycles. The van der Waals surface area contributed by atoms with E-state index in [1.54, 1.807) is 30.3 Å². The summed E-state index contributed by atoms with van der Waals surface area (Å²) < 4.78 is 26.4. The minimum atomic E-state index is -3.56. The Labute approximate surface area is 237 Å². The number of rotatable bonds is 12. The number of sulfonamides is 1. The molecule has 0 radical (unpaired) electrons. The number of carbonyl (C=O) groups excluding carboxylic acids is 2. The lowest BCUT2D eigenvalue weighted by atomic mass is 10.0. The van der Waals surface area contributed by atoms with E-state index in [0.717, 1.165) is 18.2 Å². The number of hydrogen-bond acceptors (Lipinski definition) is 4. The molecule has 0 aliphatic heterocycles. The number of halogens is 2. The maximum Gasteiger partial charge on any atom is 0.243 e. The standard InChI is InChI=1S/C28H39Cl2N3O4S/c1-7-20-14-16-21(17-15-20)33(38(6,36)37)18-10-13-26(34)32(19-22-23(29)11-9-12-24(22)30)25(8-2)27(35)31-28(3,4)5/h9,11-12,14-17,25H,7-8,10,13,18-19H2,1-6H3,(H,31,35). The van der Waals surface area contributed by atoms with Gasteiger partial charge >= 0.3 is 0 Å². The molecule has 2 amide bonds. The normalized spacial score (nSPS) is 12.6. The van der Waals surface area contributed by atoms with Crippen LogP contribution in [0.1, 0.15) is 65.0 Å². The maximum absolute atomic E-state index is 13.6. The molecule has 0 aliphatic carbocycles. The Balaban J connectivity index is 2.29. The van der Waals surface area contributed by atoms with Gasteiger partial charge in [0.1, 0.15) is 6.04 Å². The average Bonchev–Trinajstić information content (AvgIpc) is 2.81. The fourth-order valence-electron chi connectivity index (χ4n) is 4.13. The molecule has 0 bridgehead atoms. The Kier molecular flexibility index (Phi) is 11.5. The fourth-order valence-corrected chi connectivity index (χ4v) is 5.61. The van der Waals surface area contributed by atoms with E-state index in [1.807, 2.05) is 46.8 Å². The van der Waals surface area contributed by atoms with Crippen molar-refractivity contribution in [2.45, 2.75) is 78.4 Å². The van der Waals surface area contributed by atoms with Gasteiger partial charge in [0.25, 0.3) is 0 Å². The molecule has 0 fully saturated rings. The van der Waals surface area contributed by atoms with Crippen molar-refractivity contribution in [2.75, 3.05) is 17.1 Å². The number of nitrogens with one attached hydrogen (secondary N) is 1. The van der Waals surface area contributed by atoms with Crippen molar-refractivity contribution in [3.63, 3.8) is 0 Å². The highest BCUT2D eigenvalue weighted by Gasteiger charge is 2.31. The fraction of sp³-hybridized carbons (Fsp3) is 0.500. The summed E-state index contributed by atoms with van der Waals surface area (Å²) in [5, 5.41) is 3.77. The van der Waals surface area contributed by atoms with Crippen LogP contribution in [-0.4, -0.2) is 49.5 Å². The monoisotopic (exact) mass is 583 g/mol. The van der Waals surface area contributed by atoms with Gasteiger partial charge in [0, 0.05) is 40.7 Å². The first-order chi connectivity index (χ1) is 17.7. The molecule has 1 unspecified atom stereocenters. The van der Waals surface area contributed by atoms with Crippen molar-refractivity contribution in [1.29, 1.82) is 0 Å². The molecule has 0 aliphatic rings. The first-order valence-electron chi connectivity index (χ1n) is 12.8. The second-order valence-corrected chi connectivity index (χ2v) is 13.1. The summed E-state index contributed by atoms with van der Waals surface area (Å²) in [5.74, 6) is -0.558. The summed E-state index contributed by atoms with van der Waals surface area (Å²) >= 11 is 12.8. The third-order valence-electron chi connectivity index (χ3n) is 6.06. The maximum atomic E-state index is 13.6. The molecular formula is C28H39Cl2N3O4S. The summed E-state index contributed by atoms with van der Waals surface area (Å²) in [7, 11) is -3.56. The van der Waals surface area contributed by atoms with Gasteiger partial charge in [-0.15, -0.1) is 0 Å². The predicted molar refractivity (Wildman–Crippen MR) is 156 cm³/mol. The van der Waals surface area contributed by atoms with Crippen molar-refractivity contribution in [3.05, 3.63) is 63.6 Å². The first kappa shape index (κ1) is 31.9. The third-order valence-corrected chi connectivity index (χ3v) is 7.96. The van der Waals surface area contributed by atoms with Gasteiger partial charge in [-0.25, -0.2) is 8.42 Å². The zero-order valence-electron chi connectivity index (χ0n) is 23.1. The highest BCUT2D eigenvalue weighted by Crippen LogP contribution is 2.28. The zero-order valence-corrected chi connectivity index (χ0v) is 25.4. The van der Waals surface area contributed by atoms with Crippen LogP contribution in [0, 0.1) is 0 Å². The van der Waals surface area contributed by atoms with E-state index in [1.165, 1.54) is 9.21 Å². The highest BCUT2D eigenvalue weighted by atomic mass is 35.5. The topological polar surface area (TPSA) is 86.8 Å². The summed E-state index contributed by atoms with van der Waals surface area (Å²) in [6.45, 7) is 9.68.